The summed E-state index contributed by atoms with van der Waals surface area (Å²) < 4.78 is 1.66. The molecule has 0 aliphatic heterocycles. The molecule has 0 bridgehead atoms. The first kappa shape index (κ1) is 14.0. The van der Waals surface area contributed by atoms with E-state index >= 15 is 0 Å². The second-order valence-electron chi connectivity index (χ2n) is 4.11. The van der Waals surface area contributed by atoms with E-state index in [-0.39, 0.29) is 11.7 Å². The van der Waals surface area contributed by atoms with Crippen molar-refractivity contribution in [1.29, 1.82) is 0 Å². The van der Waals surface area contributed by atoms with Crippen LogP contribution >= 0.6 is 0 Å². The van der Waals surface area contributed by atoms with Crippen LogP contribution in [0.4, 0.5) is 0 Å². The Kier molecular flexibility index (Phi) is 5.16. The van der Waals surface area contributed by atoms with Gasteiger partial charge in [-0.3, -0.25) is 9.48 Å². The van der Waals surface area contributed by atoms with Gasteiger partial charge in [-0.2, -0.15) is 5.10 Å². The third kappa shape index (κ3) is 3.76. The van der Waals surface area contributed by atoms with Crippen molar-refractivity contribution in [2.24, 2.45) is 23.9 Å². The van der Waals surface area contributed by atoms with Crippen LogP contribution in [0.5, 0.6) is 0 Å². The number of rotatable bonds is 6. The predicted molar refractivity (Wildman–Crippen MR) is 66.9 cm³/mol. The van der Waals surface area contributed by atoms with E-state index in [4.69, 9.17) is 10.9 Å². The van der Waals surface area contributed by atoms with E-state index in [9.17, 15) is 4.79 Å². The molecule has 1 rings (SSSR count). The highest BCUT2D eigenvalue weighted by Crippen LogP contribution is 2.07. The highest BCUT2D eigenvalue weighted by atomic mass is 16.4. The van der Waals surface area contributed by atoms with Gasteiger partial charge >= 0.3 is 0 Å². The number of oxime groups is 1. The third-order valence-corrected chi connectivity index (χ3v) is 2.59. The van der Waals surface area contributed by atoms with Gasteiger partial charge in [-0.15, -0.1) is 0 Å². The maximum Gasteiger partial charge on any atom is 0.231 e. The Morgan fingerprint density at radius 2 is 2.44 bits per heavy atom. The number of amides is 1. The summed E-state index contributed by atoms with van der Waals surface area (Å²) in [6.07, 6.45) is 4.83. The van der Waals surface area contributed by atoms with Gasteiger partial charge in [0.1, 0.15) is 0 Å². The molecule has 7 nitrogen and oxygen atoms in total. The average Bonchev–Trinajstić information content (AvgIpc) is 2.78. The number of aromatic nitrogens is 2. The highest BCUT2D eigenvalue weighted by Gasteiger charge is 2.21. The number of nitrogens with zero attached hydrogens (tertiary/aromatic N) is 3. The fourth-order valence-corrected chi connectivity index (χ4v) is 1.65. The summed E-state index contributed by atoms with van der Waals surface area (Å²) in [6, 6.07) is 0. The van der Waals surface area contributed by atoms with Crippen LogP contribution in [-0.2, 0) is 18.4 Å². The first-order valence-corrected chi connectivity index (χ1v) is 5.81. The summed E-state index contributed by atoms with van der Waals surface area (Å²) in [4.78, 5) is 11.9. The average molecular weight is 253 g/mol. The van der Waals surface area contributed by atoms with Crippen LogP contribution in [0.2, 0.25) is 0 Å². The van der Waals surface area contributed by atoms with Crippen molar-refractivity contribution >= 4 is 11.7 Å². The Morgan fingerprint density at radius 1 is 1.72 bits per heavy atom. The summed E-state index contributed by atoms with van der Waals surface area (Å²) in [5.74, 6) is -0.881. The molecule has 0 aromatic carbocycles. The molecule has 1 amide bonds. The lowest BCUT2D eigenvalue weighted by molar-refractivity contribution is -0.123. The summed E-state index contributed by atoms with van der Waals surface area (Å²) >= 11 is 0. The largest absolute Gasteiger partial charge is 0.409 e. The molecule has 0 saturated carbocycles. The number of amidine groups is 1. The van der Waals surface area contributed by atoms with Crippen LogP contribution in [0.3, 0.4) is 0 Å². The van der Waals surface area contributed by atoms with Crippen LogP contribution in [0, 0.1) is 5.92 Å². The van der Waals surface area contributed by atoms with E-state index in [0.29, 0.717) is 13.0 Å². The van der Waals surface area contributed by atoms with Gasteiger partial charge in [0, 0.05) is 25.4 Å². The summed E-state index contributed by atoms with van der Waals surface area (Å²) in [6.45, 7) is 2.32. The summed E-state index contributed by atoms with van der Waals surface area (Å²) in [5.41, 5.74) is 6.40. The molecule has 0 spiro atoms. The molecule has 1 atom stereocenters. The molecule has 1 aromatic rings. The molecule has 0 aliphatic carbocycles. The number of nitrogens with two attached hydrogens (primary N) is 1. The molecule has 0 fully saturated rings. The zero-order valence-electron chi connectivity index (χ0n) is 10.6. The maximum atomic E-state index is 11.9. The van der Waals surface area contributed by atoms with E-state index in [0.717, 1.165) is 12.0 Å². The van der Waals surface area contributed by atoms with Crippen molar-refractivity contribution in [2.75, 3.05) is 0 Å². The van der Waals surface area contributed by atoms with Crippen molar-refractivity contribution in [1.82, 2.24) is 15.1 Å². The molecule has 1 heterocycles. The number of carbonyl (C=O) groups excluding carboxylic acids is 1. The first-order chi connectivity index (χ1) is 8.58. The Hall–Kier alpha value is -2.05. The molecule has 0 saturated heterocycles. The normalized spacial score (nSPS) is 13.3. The van der Waals surface area contributed by atoms with Gasteiger partial charge in [0.05, 0.1) is 12.1 Å². The zero-order chi connectivity index (χ0) is 13.5. The van der Waals surface area contributed by atoms with Gasteiger partial charge < -0.3 is 16.3 Å². The molecule has 18 heavy (non-hydrogen) atoms. The molecule has 100 valence electrons. The molecule has 1 unspecified atom stereocenters. The lowest BCUT2D eigenvalue weighted by Crippen LogP contribution is -2.38. The minimum absolute atomic E-state index is 0.0551. The Labute approximate surface area is 106 Å². The molecule has 0 radical (unpaired) electrons. The van der Waals surface area contributed by atoms with Crippen molar-refractivity contribution in [3.05, 3.63) is 18.0 Å². The third-order valence-electron chi connectivity index (χ3n) is 2.59. The van der Waals surface area contributed by atoms with Crippen LogP contribution in [-0.4, -0.2) is 26.7 Å². The monoisotopic (exact) mass is 253 g/mol. The maximum absolute atomic E-state index is 11.9. The van der Waals surface area contributed by atoms with Gasteiger partial charge in [0.15, 0.2) is 5.84 Å². The topological polar surface area (TPSA) is 106 Å². The zero-order valence-corrected chi connectivity index (χ0v) is 10.6. The Morgan fingerprint density at radius 3 is 2.94 bits per heavy atom. The van der Waals surface area contributed by atoms with E-state index in [1.54, 1.807) is 10.9 Å². The van der Waals surface area contributed by atoms with Crippen LogP contribution in [0.25, 0.3) is 0 Å². The second kappa shape index (κ2) is 6.63. The van der Waals surface area contributed by atoms with Gasteiger partial charge in [-0.1, -0.05) is 18.5 Å². The van der Waals surface area contributed by atoms with E-state index < -0.39 is 5.92 Å². The lowest BCUT2D eigenvalue weighted by Gasteiger charge is -2.14. The minimum Gasteiger partial charge on any atom is -0.409 e. The highest BCUT2D eigenvalue weighted by molar-refractivity contribution is 6.01. The van der Waals surface area contributed by atoms with Crippen LogP contribution in [0.15, 0.2) is 17.5 Å². The minimum atomic E-state index is -0.586. The molecule has 0 aliphatic rings. The fourth-order valence-electron chi connectivity index (χ4n) is 1.65. The first-order valence-electron chi connectivity index (χ1n) is 5.81. The number of aryl methyl sites for hydroxylation is 1. The van der Waals surface area contributed by atoms with Crippen molar-refractivity contribution in [3.8, 4) is 0 Å². The quantitative estimate of drug-likeness (QED) is 0.291. The molecular weight excluding hydrogens is 234 g/mol. The van der Waals surface area contributed by atoms with Gasteiger partial charge in [-0.25, -0.2) is 0 Å². The molecular formula is C11H19N5O2. The van der Waals surface area contributed by atoms with E-state index in [2.05, 4.69) is 15.6 Å². The standard InChI is InChI=1S/C11H19N5O2/c1-3-4-9(10(12)15-18)11(17)13-5-8-6-14-16(2)7-8/h6-7,9,18H,3-5H2,1-2H3,(H2,12,15)(H,13,17). The van der Waals surface area contributed by atoms with E-state index in [1.165, 1.54) is 0 Å². The van der Waals surface area contributed by atoms with Crippen molar-refractivity contribution in [3.63, 3.8) is 0 Å². The fraction of sp³-hybridized carbons (Fsp3) is 0.545. The number of hydrogen-bond acceptors (Lipinski definition) is 4. The van der Waals surface area contributed by atoms with Gasteiger partial charge in [-0.05, 0) is 6.42 Å². The van der Waals surface area contributed by atoms with Crippen molar-refractivity contribution in [2.45, 2.75) is 26.3 Å². The SMILES string of the molecule is CCCC(C(=O)NCc1cnn(C)c1)C(N)=NO. The van der Waals surface area contributed by atoms with Gasteiger partial charge in [0.2, 0.25) is 5.91 Å². The smallest absolute Gasteiger partial charge is 0.231 e. The van der Waals surface area contributed by atoms with Crippen LogP contribution in [0.1, 0.15) is 25.3 Å². The molecule has 4 N–H and O–H groups in total. The van der Waals surface area contributed by atoms with E-state index in [1.807, 2.05) is 20.2 Å². The predicted octanol–water partition coefficient (Wildman–Crippen LogP) is 0.199. The van der Waals surface area contributed by atoms with Crippen LogP contribution < -0.4 is 11.1 Å². The number of hydrogen-bond donors (Lipinski definition) is 3. The molecule has 1 aromatic heterocycles. The Bertz CT molecular complexity index is 427. The molecule has 7 heteroatoms. The summed E-state index contributed by atoms with van der Waals surface area (Å²) in [5, 5.41) is 18.3. The Balaban J connectivity index is 2.56. The second-order valence-corrected chi connectivity index (χ2v) is 4.11. The number of carbonyl (C=O) groups is 1. The lowest BCUT2D eigenvalue weighted by atomic mass is 10.0. The van der Waals surface area contributed by atoms with Crippen molar-refractivity contribution < 1.29 is 10.0 Å². The summed E-state index contributed by atoms with van der Waals surface area (Å²) in [7, 11) is 1.81. The van der Waals surface area contributed by atoms with Gasteiger partial charge in [0.25, 0.3) is 0 Å². The number of nitrogens with one attached hydrogen (secondary N) is 1.